The fourth-order valence-corrected chi connectivity index (χ4v) is 2.51. The largest absolute Gasteiger partial charge is 0.339 e. The minimum atomic E-state index is -0.00176. The number of halogens is 2. The van der Waals surface area contributed by atoms with Gasteiger partial charge in [0.25, 0.3) is 5.91 Å². The van der Waals surface area contributed by atoms with E-state index in [-0.39, 0.29) is 16.2 Å². The van der Waals surface area contributed by atoms with Gasteiger partial charge in [-0.2, -0.15) is 0 Å². The Hall–Kier alpha value is -0.800. The molecule has 1 aromatic rings. The quantitative estimate of drug-likeness (QED) is 0.735. The summed E-state index contributed by atoms with van der Waals surface area (Å²) in [5.41, 5.74) is 0.525. The summed E-state index contributed by atoms with van der Waals surface area (Å²) in [5, 5.41) is 0.520. The minimum Gasteiger partial charge on any atom is -0.339 e. The number of nitrogens with zero attached hydrogens (tertiary/aromatic N) is 2. The van der Waals surface area contributed by atoms with Gasteiger partial charge in [-0.1, -0.05) is 36.0 Å². The van der Waals surface area contributed by atoms with Crippen LogP contribution in [0.5, 0.6) is 0 Å². The Labute approximate surface area is 111 Å². The molecule has 1 amide bonds. The zero-order valence-electron chi connectivity index (χ0n) is 9.46. The van der Waals surface area contributed by atoms with Crippen LogP contribution in [0.4, 0.5) is 0 Å². The van der Waals surface area contributed by atoms with Gasteiger partial charge < -0.3 is 4.90 Å². The summed E-state index contributed by atoms with van der Waals surface area (Å²) in [6, 6.07) is 3.14. The number of pyridine rings is 1. The number of carbonyl (C=O) groups excluding carboxylic acids is 1. The molecule has 0 aliphatic carbocycles. The van der Waals surface area contributed by atoms with E-state index in [0.717, 1.165) is 25.9 Å². The number of hydrogen-bond acceptors (Lipinski definition) is 2. The van der Waals surface area contributed by atoms with Gasteiger partial charge in [0.1, 0.15) is 10.3 Å². The number of hydrogen-bond donors (Lipinski definition) is 0. The predicted molar refractivity (Wildman–Crippen MR) is 68.6 cm³/mol. The number of aromatic nitrogens is 1. The first-order valence-corrected chi connectivity index (χ1v) is 6.55. The summed E-state index contributed by atoms with van der Waals surface area (Å²) in [6.45, 7) is 1.63. The van der Waals surface area contributed by atoms with E-state index in [2.05, 4.69) is 4.98 Å². The highest BCUT2D eigenvalue weighted by Gasteiger charge is 2.18. The molecule has 3 nitrogen and oxygen atoms in total. The van der Waals surface area contributed by atoms with E-state index in [0.29, 0.717) is 5.56 Å². The number of carbonyl (C=O) groups is 1. The van der Waals surface area contributed by atoms with Crippen molar-refractivity contribution in [1.82, 2.24) is 9.88 Å². The topological polar surface area (TPSA) is 33.2 Å². The smallest absolute Gasteiger partial charge is 0.254 e. The Morgan fingerprint density at radius 1 is 1.06 bits per heavy atom. The van der Waals surface area contributed by atoms with Crippen LogP contribution in [-0.2, 0) is 0 Å². The standard InChI is InChI=1S/C12H14Cl2N2O/c13-10-7-9(8-11(14)15-10)12(17)16-5-3-1-2-4-6-16/h7-8H,1-6H2. The maximum absolute atomic E-state index is 12.2. The molecule has 1 saturated heterocycles. The Morgan fingerprint density at radius 3 is 2.12 bits per heavy atom. The van der Waals surface area contributed by atoms with Crippen LogP contribution in [0, 0.1) is 0 Å². The lowest BCUT2D eigenvalue weighted by Gasteiger charge is -2.20. The third-order valence-electron chi connectivity index (χ3n) is 2.90. The van der Waals surface area contributed by atoms with E-state index in [1.165, 1.54) is 12.8 Å². The lowest BCUT2D eigenvalue weighted by atomic mass is 10.2. The zero-order chi connectivity index (χ0) is 12.3. The molecular formula is C12H14Cl2N2O. The van der Waals surface area contributed by atoms with Crippen LogP contribution in [0.2, 0.25) is 10.3 Å². The van der Waals surface area contributed by atoms with Crippen molar-refractivity contribution >= 4 is 29.1 Å². The summed E-state index contributed by atoms with van der Waals surface area (Å²) in [5.74, 6) is -0.00176. The highest BCUT2D eigenvalue weighted by molar-refractivity contribution is 6.33. The monoisotopic (exact) mass is 272 g/mol. The van der Waals surface area contributed by atoms with Gasteiger partial charge in [0.05, 0.1) is 0 Å². The summed E-state index contributed by atoms with van der Waals surface area (Å²) >= 11 is 11.6. The molecule has 0 saturated carbocycles. The lowest BCUT2D eigenvalue weighted by Crippen LogP contribution is -2.31. The van der Waals surface area contributed by atoms with Crippen LogP contribution < -0.4 is 0 Å². The van der Waals surface area contributed by atoms with Crippen LogP contribution in [0.25, 0.3) is 0 Å². The number of amides is 1. The van der Waals surface area contributed by atoms with Gasteiger partial charge in [0.15, 0.2) is 0 Å². The molecule has 0 unspecified atom stereocenters. The Balaban J connectivity index is 2.17. The van der Waals surface area contributed by atoms with Crippen molar-refractivity contribution in [3.63, 3.8) is 0 Å². The fraction of sp³-hybridized carbons (Fsp3) is 0.500. The molecule has 0 atom stereocenters. The van der Waals surface area contributed by atoms with E-state index in [9.17, 15) is 4.79 Å². The van der Waals surface area contributed by atoms with Gasteiger partial charge in [0, 0.05) is 18.7 Å². The molecule has 2 heterocycles. The molecule has 1 aromatic heterocycles. The molecule has 1 aliphatic heterocycles. The fourth-order valence-electron chi connectivity index (χ4n) is 2.04. The van der Waals surface area contributed by atoms with Crippen molar-refractivity contribution in [3.05, 3.63) is 28.0 Å². The van der Waals surface area contributed by atoms with Crippen molar-refractivity contribution in [2.45, 2.75) is 25.7 Å². The molecule has 0 N–H and O–H groups in total. The zero-order valence-corrected chi connectivity index (χ0v) is 11.0. The van der Waals surface area contributed by atoms with Crippen LogP contribution in [0.1, 0.15) is 36.0 Å². The molecule has 0 aromatic carbocycles. The highest BCUT2D eigenvalue weighted by Crippen LogP contribution is 2.18. The van der Waals surface area contributed by atoms with Crippen molar-refractivity contribution in [1.29, 1.82) is 0 Å². The molecule has 0 radical (unpaired) electrons. The van der Waals surface area contributed by atoms with Crippen LogP contribution >= 0.6 is 23.2 Å². The number of rotatable bonds is 1. The minimum absolute atomic E-state index is 0.00176. The second kappa shape index (κ2) is 5.69. The SMILES string of the molecule is O=C(c1cc(Cl)nc(Cl)c1)N1CCCCCC1. The Bertz CT molecular complexity index is 395. The second-order valence-corrected chi connectivity index (χ2v) is 4.98. The van der Waals surface area contributed by atoms with Crippen LogP contribution in [0.15, 0.2) is 12.1 Å². The summed E-state index contributed by atoms with van der Waals surface area (Å²) < 4.78 is 0. The molecule has 0 bridgehead atoms. The molecular weight excluding hydrogens is 259 g/mol. The van der Waals surface area contributed by atoms with Crippen molar-refractivity contribution in [2.75, 3.05) is 13.1 Å². The van der Waals surface area contributed by atoms with Gasteiger partial charge in [-0.05, 0) is 25.0 Å². The number of likely N-dealkylation sites (tertiary alicyclic amines) is 1. The Kier molecular flexibility index (Phi) is 4.24. The molecule has 5 heteroatoms. The first kappa shape index (κ1) is 12.7. The first-order chi connectivity index (χ1) is 8.16. The lowest BCUT2D eigenvalue weighted by molar-refractivity contribution is 0.0761. The van der Waals surface area contributed by atoms with E-state index in [1.54, 1.807) is 12.1 Å². The normalized spacial score (nSPS) is 16.7. The van der Waals surface area contributed by atoms with Crippen molar-refractivity contribution < 1.29 is 4.79 Å². The molecule has 2 rings (SSSR count). The molecule has 1 fully saturated rings. The third kappa shape index (κ3) is 3.33. The van der Waals surface area contributed by atoms with Crippen molar-refractivity contribution in [2.24, 2.45) is 0 Å². The van der Waals surface area contributed by atoms with Gasteiger partial charge >= 0.3 is 0 Å². The average Bonchev–Trinajstić information content (AvgIpc) is 2.55. The van der Waals surface area contributed by atoms with Gasteiger partial charge in [-0.3, -0.25) is 4.79 Å². The van der Waals surface area contributed by atoms with Gasteiger partial charge in [-0.15, -0.1) is 0 Å². The van der Waals surface area contributed by atoms with Crippen molar-refractivity contribution in [3.8, 4) is 0 Å². The van der Waals surface area contributed by atoms with E-state index in [4.69, 9.17) is 23.2 Å². The first-order valence-electron chi connectivity index (χ1n) is 5.79. The highest BCUT2D eigenvalue weighted by atomic mass is 35.5. The summed E-state index contributed by atoms with van der Waals surface area (Å²) in [4.78, 5) is 17.9. The van der Waals surface area contributed by atoms with E-state index in [1.807, 2.05) is 4.90 Å². The molecule has 0 spiro atoms. The van der Waals surface area contributed by atoms with Gasteiger partial charge in [0.2, 0.25) is 0 Å². The molecule has 92 valence electrons. The predicted octanol–water partition coefficient (Wildman–Crippen LogP) is 3.40. The molecule has 1 aliphatic rings. The third-order valence-corrected chi connectivity index (χ3v) is 3.29. The van der Waals surface area contributed by atoms with Crippen LogP contribution in [0.3, 0.4) is 0 Å². The summed E-state index contributed by atoms with van der Waals surface area (Å²) in [7, 11) is 0. The van der Waals surface area contributed by atoms with E-state index < -0.39 is 0 Å². The summed E-state index contributed by atoms with van der Waals surface area (Å²) in [6.07, 6.45) is 4.53. The second-order valence-electron chi connectivity index (χ2n) is 4.21. The average molecular weight is 273 g/mol. The molecule has 17 heavy (non-hydrogen) atoms. The van der Waals surface area contributed by atoms with Gasteiger partial charge in [-0.25, -0.2) is 4.98 Å². The van der Waals surface area contributed by atoms with E-state index >= 15 is 0 Å². The van der Waals surface area contributed by atoms with Crippen LogP contribution in [-0.4, -0.2) is 28.9 Å². The maximum atomic E-state index is 12.2. The maximum Gasteiger partial charge on any atom is 0.254 e. The Morgan fingerprint density at radius 2 is 1.59 bits per heavy atom.